The molecule has 1 N–H and O–H groups in total. The predicted molar refractivity (Wildman–Crippen MR) is 94.5 cm³/mol. The number of carbonyl (C=O) groups excluding carboxylic acids is 1. The van der Waals surface area contributed by atoms with Gasteiger partial charge in [0.1, 0.15) is 0 Å². The lowest BCUT2D eigenvalue weighted by Gasteiger charge is -2.05. The first kappa shape index (κ1) is 17.2. The van der Waals surface area contributed by atoms with Gasteiger partial charge in [0.15, 0.2) is 16.6 Å². The molecule has 0 fully saturated rings. The summed E-state index contributed by atoms with van der Waals surface area (Å²) in [5, 5.41) is 6.23. The van der Waals surface area contributed by atoms with Gasteiger partial charge in [0.2, 0.25) is 0 Å². The number of nitrogens with zero attached hydrogens (tertiary/aromatic N) is 2. The van der Waals surface area contributed by atoms with Crippen LogP contribution in [0.2, 0.25) is 0 Å². The number of anilines is 1. The SMILES string of the molecule is O=C(Nc1nc2c(C(F)(F)F)cccc2s1)c1cc(-c2ccccc2)on1. The highest BCUT2D eigenvalue weighted by molar-refractivity contribution is 7.22. The first-order valence-electron chi connectivity index (χ1n) is 7.72. The van der Waals surface area contributed by atoms with E-state index >= 15 is 0 Å². The van der Waals surface area contributed by atoms with Gasteiger partial charge in [-0.15, -0.1) is 0 Å². The first-order valence-corrected chi connectivity index (χ1v) is 8.54. The van der Waals surface area contributed by atoms with E-state index in [0.717, 1.165) is 23.0 Å². The van der Waals surface area contributed by atoms with Crippen LogP contribution in [0, 0.1) is 0 Å². The number of hydrogen-bond donors (Lipinski definition) is 1. The van der Waals surface area contributed by atoms with E-state index in [2.05, 4.69) is 15.5 Å². The average Bonchev–Trinajstić information content (AvgIpc) is 3.28. The average molecular weight is 389 g/mol. The molecule has 9 heteroatoms. The van der Waals surface area contributed by atoms with Gasteiger partial charge >= 0.3 is 6.18 Å². The zero-order valence-corrected chi connectivity index (χ0v) is 14.3. The molecule has 4 aromatic rings. The Balaban J connectivity index is 1.59. The van der Waals surface area contributed by atoms with Crippen LogP contribution in [0.4, 0.5) is 18.3 Å². The Morgan fingerprint density at radius 1 is 1.07 bits per heavy atom. The summed E-state index contributed by atoms with van der Waals surface area (Å²) in [4.78, 5) is 16.2. The summed E-state index contributed by atoms with van der Waals surface area (Å²) in [5.41, 5.74) is -0.289. The minimum absolute atomic E-state index is 0.00385. The van der Waals surface area contributed by atoms with Crippen LogP contribution >= 0.6 is 11.3 Å². The fourth-order valence-corrected chi connectivity index (χ4v) is 3.40. The van der Waals surface area contributed by atoms with E-state index in [9.17, 15) is 18.0 Å². The lowest BCUT2D eigenvalue weighted by atomic mass is 10.1. The molecule has 2 heterocycles. The molecule has 0 aliphatic heterocycles. The number of halogens is 3. The van der Waals surface area contributed by atoms with Crippen molar-refractivity contribution >= 4 is 32.6 Å². The molecule has 0 saturated heterocycles. The number of fused-ring (bicyclic) bond motifs is 1. The van der Waals surface area contributed by atoms with E-state index in [4.69, 9.17) is 4.52 Å². The summed E-state index contributed by atoms with van der Waals surface area (Å²) in [5.74, 6) is -0.210. The quantitative estimate of drug-likeness (QED) is 0.521. The fraction of sp³-hybridized carbons (Fsp3) is 0.0556. The largest absolute Gasteiger partial charge is 0.418 e. The van der Waals surface area contributed by atoms with Gasteiger partial charge in [0.25, 0.3) is 5.91 Å². The Morgan fingerprint density at radius 3 is 2.59 bits per heavy atom. The van der Waals surface area contributed by atoms with Crippen molar-refractivity contribution in [1.82, 2.24) is 10.1 Å². The van der Waals surface area contributed by atoms with Crippen molar-refractivity contribution in [3.63, 3.8) is 0 Å². The highest BCUT2D eigenvalue weighted by atomic mass is 32.1. The standard InChI is InChI=1S/C18H10F3N3O2S/c19-18(20,21)11-7-4-8-14-15(11)22-17(27-14)23-16(25)12-9-13(26-24-12)10-5-2-1-3-6-10/h1-9H,(H,22,23,25). The van der Waals surface area contributed by atoms with E-state index in [-0.39, 0.29) is 16.3 Å². The molecule has 0 spiro atoms. The molecule has 136 valence electrons. The second-order valence-corrected chi connectivity index (χ2v) is 6.60. The number of para-hydroxylation sites is 1. The monoisotopic (exact) mass is 389 g/mol. The van der Waals surface area contributed by atoms with Gasteiger partial charge in [0, 0.05) is 11.6 Å². The number of amides is 1. The van der Waals surface area contributed by atoms with Crippen molar-refractivity contribution in [2.75, 3.05) is 5.32 Å². The van der Waals surface area contributed by atoms with Crippen molar-refractivity contribution in [3.8, 4) is 11.3 Å². The van der Waals surface area contributed by atoms with Crippen molar-refractivity contribution < 1.29 is 22.5 Å². The molecule has 0 aliphatic carbocycles. The smallest absolute Gasteiger partial charge is 0.355 e. The van der Waals surface area contributed by atoms with E-state index in [0.29, 0.717) is 10.5 Å². The minimum atomic E-state index is -4.52. The number of aromatic nitrogens is 2. The Kier molecular flexibility index (Phi) is 4.15. The zero-order chi connectivity index (χ0) is 19.0. The van der Waals surface area contributed by atoms with E-state index in [1.54, 1.807) is 12.1 Å². The summed E-state index contributed by atoms with van der Waals surface area (Å²) >= 11 is 0.952. The van der Waals surface area contributed by atoms with E-state index < -0.39 is 17.6 Å². The van der Waals surface area contributed by atoms with Gasteiger partial charge in [0.05, 0.1) is 15.8 Å². The van der Waals surface area contributed by atoms with Gasteiger partial charge in [-0.05, 0) is 12.1 Å². The van der Waals surface area contributed by atoms with Crippen LogP contribution in [-0.4, -0.2) is 16.0 Å². The molecule has 0 saturated carbocycles. The van der Waals surface area contributed by atoms with Gasteiger partial charge < -0.3 is 4.52 Å². The number of hydrogen-bond acceptors (Lipinski definition) is 5. The molecule has 0 aliphatic rings. The zero-order valence-electron chi connectivity index (χ0n) is 13.4. The predicted octanol–water partition coefficient (Wildman–Crippen LogP) is 5.22. The van der Waals surface area contributed by atoms with Gasteiger partial charge in [-0.3, -0.25) is 10.1 Å². The maximum absolute atomic E-state index is 13.1. The lowest BCUT2D eigenvalue weighted by molar-refractivity contribution is -0.136. The third-order valence-electron chi connectivity index (χ3n) is 3.75. The summed E-state index contributed by atoms with van der Waals surface area (Å²) < 4.78 is 44.7. The molecule has 1 amide bonds. The number of rotatable bonds is 3. The van der Waals surface area contributed by atoms with Crippen LogP contribution in [0.15, 0.2) is 59.1 Å². The molecule has 0 bridgehead atoms. The van der Waals surface area contributed by atoms with Gasteiger partial charge in [-0.1, -0.05) is 52.9 Å². The Bertz CT molecular complexity index is 1120. The number of carbonyl (C=O) groups is 1. The maximum atomic E-state index is 13.1. The van der Waals surface area contributed by atoms with Gasteiger partial charge in [-0.2, -0.15) is 13.2 Å². The second-order valence-electron chi connectivity index (χ2n) is 5.57. The number of benzene rings is 2. The third-order valence-corrected chi connectivity index (χ3v) is 4.68. The molecule has 2 aromatic heterocycles. The fourth-order valence-electron chi connectivity index (χ4n) is 2.51. The van der Waals surface area contributed by atoms with Crippen molar-refractivity contribution in [2.24, 2.45) is 0 Å². The normalized spacial score (nSPS) is 11.7. The highest BCUT2D eigenvalue weighted by Crippen LogP contribution is 2.37. The summed E-state index contributed by atoms with van der Waals surface area (Å²) in [6.07, 6.45) is -4.52. The summed E-state index contributed by atoms with van der Waals surface area (Å²) in [7, 11) is 0. The molecular weight excluding hydrogens is 379 g/mol. The highest BCUT2D eigenvalue weighted by Gasteiger charge is 2.33. The van der Waals surface area contributed by atoms with Crippen LogP contribution in [0.3, 0.4) is 0 Å². The second kappa shape index (κ2) is 6.51. The summed E-state index contributed by atoms with van der Waals surface area (Å²) in [6.45, 7) is 0. The van der Waals surface area contributed by atoms with Crippen LogP contribution in [-0.2, 0) is 6.18 Å². The van der Waals surface area contributed by atoms with Crippen LogP contribution in [0.25, 0.3) is 21.5 Å². The molecule has 27 heavy (non-hydrogen) atoms. The topological polar surface area (TPSA) is 68.0 Å². The first-order chi connectivity index (χ1) is 12.9. The van der Waals surface area contributed by atoms with Crippen molar-refractivity contribution in [1.29, 1.82) is 0 Å². The molecule has 2 aromatic carbocycles. The van der Waals surface area contributed by atoms with E-state index in [1.807, 2.05) is 18.2 Å². The molecule has 0 atom stereocenters. The minimum Gasteiger partial charge on any atom is -0.355 e. The molecule has 4 rings (SSSR count). The van der Waals surface area contributed by atoms with Crippen LogP contribution < -0.4 is 5.32 Å². The van der Waals surface area contributed by atoms with Gasteiger partial charge in [-0.25, -0.2) is 4.98 Å². The Labute approximate surface area is 154 Å². The van der Waals surface area contributed by atoms with Crippen molar-refractivity contribution in [2.45, 2.75) is 6.18 Å². The number of thiazole rings is 1. The summed E-state index contributed by atoms with van der Waals surface area (Å²) in [6, 6.07) is 14.3. The Morgan fingerprint density at radius 2 is 1.85 bits per heavy atom. The Hall–Kier alpha value is -3.20. The molecule has 0 radical (unpaired) electrons. The third kappa shape index (κ3) is 3.41. The lowest BCUT2D eigenvalue weighted by Crippen LogP contribution is -2.12. The van der Waals surface area contributed by atoms with Crippen molar-refractivity contribution in [3.05, 3.63) is 65.9 Å². The molecular formula is C18H10F3N3O2S. The van der Waals surface area contributed by atoms with E-state index in [1.165, 1.54) is 18.2 Å². The molecule has 0 unspecified atom stereocenters. The van der Waals surface area contributed by atoms with Crippen LogP contribution in [0.5, 0.6) is 0 Å². The molecule has 5 nitrogen and oxygen atoms in total. The maximum Gasteiger partial charge on any atom is 0.418 e. The van der Waals surface area contributed by atoms with Crippen LogP contribution in [0.1, 0.15) is 16.1 Å². The number of alkyl halides is 3. The number of nitrogens with one attached hydrogen (secondary N) is 1.